The van der Waals surface area contributed by atoms with Crippen molar-refractivity contribution in [3.05, 3.63) is 88.4 Å². The van der Waals surface area contributed by atoms with Gasteiger partial charge in [-0.2, -0.15) is 5.10 Å². The van der Waals surface area contributed by atoms with Crippen molar-refractivity contribution in [3.63, 3.8) is 0 Å². The van der Waals surface area contributed by atoms with Gasteiger partial charge in [-0.25, -0.2) is 14.1 Å². The average molecular weight is 447 g/mol. The average Bonchev–Trinajstić information content (AvgIpc) is 3.53. The maximum atomic E-state index is 13.3. The molecule has 7 nitrogen and oxygen atoms in total. The van der Waals surface area contributed by atoms with E-state index in [2.05, 4.69) is 20.7 Å². The summed E-state index contributed by atoms with van der Waals surface area (Å²) in [5.41, 5.74) is 4.01. The third-order valence-corrected chi connectivity index (χ3v) is 5.96. The lowest BCUT2D eigenvalue weighted by Gasteiger charge is -2.07. The van der Waals surface area contributed by atoms with Crippen molar-refractivity contribution in [2.75, 3.05) is 10.6 Å². The van der Waals surface area contributed by atoms with Gasteiger partial charge in [0.15, 0.2) is 10.8 Å². The maximum absolute atomic E-state index is 13.3. The molecule has 0 bridgehead atoms. The predicted molar refractivity (Wildman–Crippen MR) is 120 cm³/mol. The summed E-state index contributed by atoms with van der Waals surface area (Å²) < 4.78 is 15.0. The summed E-state index contributed by atoms with van der Waals surface area (Å²) in [4.78, 5) is 29.3. The molecule has 0 atom stereocenters. The molecule has 2 amide bonds. The third-order valence-electron chi connectivity index (χ3n) is 5.27. The third kappa shape index (κ3) is 3.90. The van der Waals surface area contributed by atoms with Gasteiger partial charge in [-0.15, -0.1) is 11.3 Å². The van der Waals surface area contributed by atoms with E-state index in [0.29, 0.717) is 22.1 Å². The van der Waals surface area contributed by atoms with E-state index in [1.54, 1.807) is 52.7 Å². The van der Waals surface area contributed by atoms with Crippen LogP contribution in [0.1, 0.15) is 38.5 Å². The fourth-order valence-corrected chi connectivity index (χ4v) is 4.29. The molecular weight excluding hydrogens is 429 g/mol. The molecule has 1 aliphatic carbocycles. The van der Waals surface area contributed by atoms with Crippen LogP contribution in [0.2, 0.25) is 0 Å². The quantitative estimate of drug-likeness (QED) is 0.473. The fourth-order valence-electron chi connectivity index (χ4n) is 3.77. The fraction of sp³-hybridized carbons (Fsp3) is 0.130. The smallest absolute Gasteiger partial charge is 0.276 e. The molecule has 2 aromatic carbocycles. The topological polar surface area (TPSA) is 88.9 Å². The maximum Gasteiger partial charge on any atom is 0.276 e. The molecule has 0 spiro atoms. The van der Waals surface area contributed by atoms with E-state index in [0.717, 1.165) is 36.2 Å². The highest BCUT2D eigenvalue weighted by Crippen LogP contribution is 2.28. The molecule has 0 saturated heterocycles. The molecule has 0 aliphatic heterocycles. The van der Waals surface area contributed by atoms with E-state index in [9.17, 15) is 14.0 Å². The number of rotatable bonds is 5. The first-order chi connectivity index (χ1) is 15.6. The van der Waals surface area contributed by atoms with Gasteiger partial charge in [-0.05, 0) is 67.8 Å². The van der Waals surface area contributed by atoms with E-state index < -0.39 is 0 Å². The lowest BCUT2D eigenvalue weighted by atomic mass is 10.1. The number of carbonyl (C=O) groups excluding carboxylic acids is 2. The van der Waals surface area contributed by atoms with Crippen LogP contribution in [-0.2, 0) is 12.8 Å². The van der Waals surface area contributed by atoms with Crippen LogP contribution in [0.25, 0.3) is 5.69 Å². The van der Waals surface area contributed by atoms with Crippen LogP contribution in [0.5, 0.6) is 0 Å². The Bertz CT molecular complexity index is 1280. The van der Waals surface area contributed by atoms with Crippen molar-refractivity contribution in [2.24, 2.45) is 0 Å². The van der Waals surface area contributed by atoms with Gasteiger partial charge < -0.3 is 5.32 Å². The van der Waals surface area contributed by atoms with E-state index in [4.69, 9.17) is 0 Å². The van der Waals surface area contributed by atoms with E-state index in [1.807, 2.05) is 0 Å². The van der Waals surface area contributed by atoms with E-state index in [1.165, 1.54) is 23.5 Å². The van der Waals surface area contributed by atoms with Crippen molar-refractivity contribution < 1.29 is 14.0 Å². The number of carbonyl (C=O) groups is 2. The number of hydrogen-bond acceptors (Lipinski definition) is 5. The van der Waals surface area contributed by atoms with Crippen LogP contribution in [0, 0.1) is 5.82 Å². The number of halogens is 1. The summed E-state index contributed by atoms with van der Waals surface area (Å²) in [5, 5.41) is 12.4. The van der Waals surface area contributed by atoms with Gasteiger partial charge >= 0.3 is 0 Å². The molecule has 0 unspecified atom stereocenters. The van der Waals surface area contributed by atoms with Crippen molar-refractivity contribution in [1.29, 1.82) is 0 Å². The Morgan fingerprint density at radius 1 is 0.969 bits per heavy atom. The standard InChI is InChI=1S/C23H18FN5O2S/c24-15-6-10-17(11-7-15)29-19-3-1-2-18(19)20(28-29)22(31)26-16-8-4-14(5-9-16)21(30)27-23-25-12-13-32-23/h4-13H,1-3H2,(H,26,31)(H,25,27,30). The van der Waals surface area contributed by atoms with Gasteiger partial charge in [-0.1, -0.05) is 0 Å². The molecule has 0 radical (unpaired) electrons. The molecule has 0 fully saturated rings. The van der Waals surface area contributed by atoms with Crippen molar-refractivity contribution in [1.82, 2.24) is 14.8 Å². The summed E-state index contributed by atoms with van der Waals surface area (Å²) in [6.45, 7) is 0. The van der Waals surface area contributed by atoms with Gasteiger partial charge in [0, 0.05) is 34.1 Å². The minimum atomic E-state index is -0.320. The largest absolute Gasteiger partial charge is 0.321 e. The van der Waals surface area contributed by atoms with Gasteiger partial charge in [0.25, 0.3) is 11.8 Å². The van der Waals surface area contributed by atoms with Crippen molar-refractivity contribution in [2.45, 2.75) is 19.3 Å². The Hall–Kier alpha value is -3.85. The second-order valence-electron chi connectivity index (χ2n) is 7.34. The number of nitrogens with one attached hydrogen (secondary N) is 2. The van der Waals surface area contributed by atoms with Gasteiger partial charge in [-0.3, -0.25) is 14.9 Å². The number of fused-ring (bicyclic) bond motifs is 1. The first-order valence-electron chi connectivity index (χ1n) is 10.1. The van der Waals surface area contributed by atoms with Crippen LogP contribution >= 0.6 is 11.3 Å². The Kier molecular flexibility index (Phi) is 5.24. The minimum Gasteiger partial charge on any atom is -0.321 e. The lowest BCUT2D eigenvalue weighted by molar-refractivity contribution is 0.101. The molecule has 4 aromatic rings. The highest BCUT2D eigenvalue weighted by molar-refractivity contribution is 7.13. The molecular formula is C23H18FN5O2S. The molecule has 2 heterocycles. The van der Waals surface area contributed by atoms with Crippen LogP contribution in [0.3, 0.4) is 0 Å². The normalized spacial score (nSPS) is 12.4. The van der Waals surface area contributed by atoms with Crippen molar-refractivity contribution in [3.8, 4) is 5.69 Å². The first-order valence-corrected chi connectivity index (χ1v) is 11.0. The number of nitrogens with zero attached hydrogens (tertiary/aromatic N) is 3. The van der Waals surface area contributed by atoms with Crippen LogP contribution in [-0.4, -0.2) is 26.6 Å². The lowest BCUT2D eigenvalue weighted by Crippen LogP contribution is -2.15. The highest BCUT2D eigenvalue weighted by atomic mass is 32.1. The molecule has 0 saturated carbocycles. The molecule has 2 aromatic heterocycles. The molecule has 160 valence electrons. The number of thiazole rings is 1. The Morgan fingerprint density at radius 3 is 2.47 bits per heavy atom. The van der Waals surface area contributed by atoms with E-state index >= 15 is 0 Å². The van der Waals surface area contributed by atoms with Crippen molar-refractivity contribution >= 4 is 34.0 Å². The predicted octanol–water partition coefficient (Wildman–Crippen LogP) is 4.46. The molecule has 32 heavy (non-hydrogen) atoms. The summed E-state index contributed by atoms with van der Waals surface area (Å²) in [6, 6.07) is 12.7. The number of benzene rings is 2. The SMILES string of the molecule is O=C(Nc1nccs1)c1ccc(NC(=O)c2nn(-c3ccc(F)cc3)c3c2CCC3)cc1. The summed E-state index contributed by atoms with van der Waals surface area (Å²) >= 11 is 1.34. The summed E-state index contributed by atoms with van der Waals surface area (Å²) in [7, 11) is 0. The number of hydrogen-bond donors (Lipinski definition) is 2. The van der Waals surface area contributed by atoms with Crippen LogP contribution < -0.4 is 10.6 Å². The molecule has 9 heteroatoms. The minimum absolute atomic E-state index is 0.270. The molecule has 2 N–H and O–H groups in total. The van der Waals surface area contributed by atoms with Crippen LogP contribution in [0.4, 0.5) is 15.2 Å². The molecule has 5 rings (SSSR count). The first kappa shape index (κ1) is 20.1. The zero-order chi connectivity index (χ0) is 22.1. The van der Waals surface area contributed by atoms with Gasteiger partial charge in [0.05, 0.1) is 5.69 Å². The Balaban J connectivity index is 1.33. The highest BCUT2D eigenvalue weighted by Gasteiger charge is 2.27. The van der Waals surface area contributed by atoms with Crippen LogP contribution in [0.15, 0.2) is 60.1 Å². The Morgan fingerprint density at radius 2 is 1.75 bits per heavy atom. The zero-order valence-electron chi connectivity index (χ0n) is 16.8. The summed E-state index contributed by atoms with van der Waals surface area (Å²) in [5.74, 6) is -0.906. The number of anilines is 2. The molecule has 1 aliphatic rings. The van der Waals surface area contributed by atoms with Gasteiger partial charge in [0.1, 0.15) is 5.82 Å². The second kappa shape index (κ2) is 8.35. The monoisotopic (exact) mass is 447 g/mol. The Labute approximate surface area is 186 Å². The number of amides is 2. The van der Waals surface area contributed by atoms with Gasteiger partial charge in [0.2, 0.25) is 0 Å². The van der Waals surface area contributed by atoms with E-state index in [-0.39, 0.29) is 17.6 Å². The number of aromatic nitrogens is 3. The zero-order valence-corrected chi connectivity index (χ0v) is 17.7. The second-order valence-corrected chi connectivity index (χ2v) is 8.23. The summed E-state index contributed by atoms with van der Waals surface area (Å²) in [6.07, 6.45) is 4.15.